The van der Waals surface area contributed by atoms with Crippen molar-refractivity contribution in [1.29, 1.82) is 0 Å². The van der Waals surface area contributed by atoms with Gasteiger partial charge >= 0.3 is 12.1 Å². The number of halogens is 3. The van der Waals surface area contributed by atoms with Crippen molar-refractivity contribution in [3.05, 3.63) is 81.5 Å². The van der Waals surface area contributed by atoms with E-state index in [0.717, 1.165) is 16.7 Å². The topological polar surface area (TPSA) is 64.1 Å². The number of ether oxygens (including phenoxy) is 1. The van der Waals surface area contributed by atoms with Gasteiger partial charge in [0.05, 0.1) is 11.4 Å². The second kappa shape index (κ2) is 6.31. The monoisotopic (exact) mass is 348 g/mol. The number of nitrogens with one attached hydrogen (secondary N) is 1. The van der Waals surface area contributed by atoms with Gasteiger partial charge in [-0.15, -0.1) is 13.2 Å². The van der Waals surface area contributed by atoms with Crippen molar-refractivity contribution in [3.8, 4) is 22.7 Å². The molecule has 0 saturated carbocycles. The smallest absolute Gasteiger partial charge is 0.406 e. The molecule has 0 aliphatic heterocycles. The number of hydrogen-bond acceptors (Lipinski definition) is 3. The maximum Gasteiger partial charge on any atom is 0.573 e. The molecule has 0 aliphatic carbocycles. The Kier molecular flexibility index (Phi) is 4.18. The molecule has 1 heterocycles. The molecular formula is C17H11F3N2O3. The molecule has 1 N–H and O–H groups in total. The number of aromatic nitrogens is 2. The lowest BCUT2D eigenvalue weighted by molar-refractivity contribution is -0.274. The fourth-order valence-corrected chi connectivity index (χ4v) is 2.31. The van der Waals surface area contributed by atoms with Gasteiger partial charge in [0.2, 0.25) is 0 Å². The zero-order chi connectivity index (χ0) is 18.0. The first kappa shape index (κ1) is 16.6. The lowest BCUT2D eigenvalue weighted by atomic mass is 10.1. The summed E-state index contributed by atoms with van der Waals surface area (Å²) < 4.78 is 41.1. The Morgan fingerprint density at radius 3 is 2.12 bits per heavy atom. The van der Waals surface area contributed by atoms with Crippen LogP contribution in [0.15, 0.2) is 70.3 Å². The highest BCUT2D eigenvalue weighted by atomic mass is 19.4. The van der Waals surface area contributed by atoms with E-state index < -0.39 is 23.4 Å². The second-order valence-corrected chi connectivity index (χ2v) is 5.07. The van der Waals surface area contributed by atoms with Crippen LogP contribution in [0, 0.1) is 0 Å². The first-order valence-electron chi connectivity index (χ1n) is 7.11. The molecule has 1 aromatic heterocycles. The van der Waals surface area contributed by atoms with Gasteiger partial charge in [-0.05, 0) is 29.8 Å². The molecule has 0 atom stereocenters. The molecule has 25 heavy (non-hydrogen) atoms. The first-order valence-corrected chi connectivity index (χ1v) is 7.11. The van der Waals surface area contributed by atoms with Crippen LogP contribution in [0.5, 0.6) is 5.75 Å². The lowest BCUT2D eigenvalue weighted by Gasteiger charge is -2.10. The maximum atomic E-state index is 12.3. The molecule has 0 radical (unpaired) electrons. The Labute approximate surface area is 138 Å². The molecule has 0 aliphatic rings. The number of benzene rings is 2. The van der Waals surface area contributed by atoms with E-state index in [4.69, 9.17) is 0 Å². The first-order chi connectivity index (χ1) is 11.8. The minimum Gasteiger partial charge on any atom is -0.406 e. The number of alkyl halides is 3. The summed E-state index contributed by atoms with van der Waals surface area (Å²) in [4.78, 5) is 27.1. The highest BCUT2D eigenvalue weighted by molar-refractivity contribution is 5.58. The molecule has 3 aromatic rings. The normalized spacial score (nSPS) is 11.3. The van der Waals surface area contributed by atoms with Gasteiger partial charge in [-0.2, -0.15) is 0 Å². The maximum absolute atomic E-state index is 12.3. The average Bonchev–Trinajstić information content (AvgIpc) is 2.55. The molecular weight excluding hydrogens is 337 g/mol. The van der Waals surface area contributed by atoms with Crippen LogP contribution in [0.1, 0.15) is 0 Å². The van der Waals surface area contributed by atoms with E-state index >= 15 is 0 Å². The van der Waals surface area contributed by atoms with E-state index in [0.29, 0.717) is 11.3 Å². The lowest BCUT2D eigenvalue weighted by Crippen LogP contribution is -2.33. The van der Waals surface area contributed by atoms with Gasteiger partial charge in [0, 0.05) is 6.07 Å². The zero-order valence-corrected chi connectivity index (χ0v) is 12.6. The predicted octanol–water partition coefficient (Wildman–Crippen LogP) is 3.09. The highest BCUT2D eigenvalue weighted by Crippen LogP contribution is 2.23. The second-order valence-electron chi connectivity index (χ2n) is 5.07. The van der Waals surface area contributed by atoms with Gasteiger partial charge in [0.1, 0.15) is 5.75 Å². The van der Waals surface area contributed by atoms with Crippen molar-refractivity contribution in [1.82, 2.24) is 9.55 Å². The molecule has 0 bridgehead atoms. The molecule has 2 aromatic carbocycles. The van der Waals surface area contributed by atoms with Crippen molar-refractivity contribution >= 4 is 0 Å². The molecule has 0 fully saturated rings. The minimum absolute atomic E-state index is 0.125. The van der Waals surface area contributed by atoms with Gasteiger partial charge in [0.25, 0.3) is 5.56 Å². The summed E-state index contributed by atoms with van der Waals surface area (Å²) >= 11 is 0. The van der Waals surface area contributed by atoms with E-state index in [1.165, 1.54) is 18.2 Å². The summed E-state index contributed by atoms with van der Waals surface area (Å²) in [5.74, 6) is -0.443. The Morgan fingerprint density at radius 2 is 1.56 bits per heavy atom. The number of aromatic amines is 1. The minimum atomic E-state index is -4.81. The van der Waals surface area contributed by atoms with Crippen LogP contribution in [0.4, 0.5) is 13.2 Å². The van der Waals surface area contributed by atoms with Crippen molar-refractivity contribution in [2.75, 3.05) is 0 Å². The molecule has 0 amide bonds. The van der Waals surface area contributed by atoms with Crippen molar-refractivity contribution in [2.24, 2.45) is 0 Å². The van der Waals surface area contributed by atoms with Crippen LogP contribution in [0.3, 0.4) is 0 Å². The van der Waals surface area contributed by atoms with Crippen molar-refractivity contribution in [2.45, 2.75) is 6.36 Å². The summed E-state index contributed by atoms with van der Waals surface area (Å²) in [6.45, 7) is 0. The standard InChI is InChI=1S/C17H11F3N2O3/c18-17(19,20)25-13-8-6-12(7-9-13)22-15(23)10-14(21-16(22)24)11-4-2-1-3-5-11/h1-10H,(H,21,24). The largest absolute Gasteiger partial charge is 0.573 e. The molecule has 128 valence electrons. The molecule has 3 rings (SSSR count). The number of hydrogen-bond donors (Lipinski definition) is 1. The Balaban J connectivity index is 1.98. The third kappa shape index (κ3) is 3.79. The number of rotatable bonds is 3. The Morgan fingerprint density at radius 1 is 0.920 bits per heavy atom. The zero-order valence-electron chi connectivity index (χ0n) is 12.6. The van der Waals surface area contributed by atoms with Crippen molar-refractivity contribution < 1.29 is 17.9 Å². The Hall–Kier alpha value is -3.29. The van der Waals surface area contributed by atoms with Crippen LogP contribution in [-0.2, 0) is 0 Å². The van der Waals surface area contributed by atoms with Crippen molar-refractivity contribution in [3.63, 3.8) is 0 Å². The van der Waals surface area contributed by atoms with Crippen LogP contribution in [-0.4, -0.2) is 15.9 Å². The summed E-state index contributed by atoms with van der Waals surface area (Å²) in [6, 6.07) is 14.5. The SMILES string of the molecule is O=c1cc(-c2ccccc2)[nH]c(=O)n1-c1ccc(OC(F)(F)F)cc1. The summed E-state index contributed by atoms with van der Waals surface area (Å²) in [5.41, 5.74) is -0.162. The number of nitrogens with zero attached hydrogens (tertiary/aromatic N) is 1. The van der Waals surface area contributed by atoms with E-state index in [2.05, 4.69) is 9.72 Å². The summed E-state index contributed by atoms with van der Waals surface area (Å²) in [7, 11) is 0. The average molecular weight is 348 g/mol. The Bertz CT molecular complexity index is 959. The van der Waals surface area contributed by atoms with Crippen LogP contribution < -0.4 is 16.0 Å². The number of H-pyrrole nitrogens is 1. The highest BCUT2D eigenvalue weighted by Gasteiger charge is 2.31. The predicted molar refractivity (Wildman–Crippen MR) is 84.8 cm³/mol. The van der Waals surface area contributed by atoms with Gasteiger partial charge in [-0.1, -0.05) is 30.3 Å². The van der Waals surface area contributed by atoms with Gasteiger partial charge in [-0.3, -0.25) is 4.79 Å². The summed E-state index contributed by atoms with van der Waals surface area (Å²) in [6.07, 6.45) is -4.81. The van der Waals surface area contributed by atoms with E-state index in [-0.39, 0.29) is 5.69 Å². The third-order valence-electron chi connectivity index (χ3n) is 3.35. The van der Waals surface area contributed by atoms with E-state index in [1.54, 1.807) is 30.3 Å². The van der Waals surface area contributed by atoms with E-state index in [1.807, 2.05) is 0 Å². The fraction of sp³-hybridized carbons (Fsp3) is 0.0588. The van der Waals surface area contributed by atoms with E-state index in [9.17, 15) is 22.8 Å². The molecule has 0 spiro atoms. The fourth-order valence-electron chi connectivity index (χ4n) is 2.31. The quantitative estimate of drug-likeness (QED) is 0.791. The van der Waals surface area contributed by atoms with Gasteiger partial charge in [-0.25, -0.2) is 9.36 Å². The summed E-state index contributed by atoms with van der Waals surface area (Å²) in [5, 5.41) is 0. The van der Waals surface area contributed by atoms with Crippen LogP contribution >= 0.6 is 0 Å². The van der Waals surface area contributed by atoms with Crippen LogP contribution in [0.25, 0.3) is 16.9 Å². The van der Waals surface area contributed by atoms with Gasteiger partial charge < -0.3 is 9.72 Å². The molecule has 5 nitrogen and oxygen atoms in total. The van der Waals surface area contributed by atoms with Crippen LogP contribution in [0.2, 0.25) is 0 Å². The molecule has 0 saturated heterocycles. The third-order valence-corrected chi connectivity index (χ3v) is 3.35. The molecule has 0 unspecified atom stereocenters. The van der Waals surface area contributed by atoms with Gasteiger partial charge in [0.15, 0.2) is 0 Å². The molecule has 8 heteroatoms.